The molecule has 0 fully saturated rings. The minimum absolute atomic E-state index is 0.816. The molecule has 2 aromatic rings. The van der Waals surface area contributed by atoms with Crippen LogP contribution >= 0.6 is 0 Å². The van der Waals surface area contributed by atoms with Crippen molar-refractivity contribution in [1.82, 2.24) is 4.90 Å². The predicted molar refractivity (Wildman–Crippen MR) is 117 cm³/mol. The van der Waals surface area contributed by atoms with E-state index in [0.29, 0.717) is 0 Å². The van der Waals surface area contributed by atoms with Gasteiger partial charge in [0.15, 0.2) is 0 Å². The summed E-state index contributed by atoms with van der Waals surface area (Å²) in [6.45, 7) is 4.97. The summed E-state index contributed by atoms with van der Waals surface area (Å²) < 4.78 is 2.41. The third kappa shape index (κ3) is 3.98. The molecule has 3 N–H and O–H groups in total. The van der Waals surface area contributed by atoms with Crippen LogP contribution in [0.4, 0.5) is 5.69 Å². The molecule has 0 bridgehead atoms. The summed E-state index contributed by atoms with van der Waals surface area (Å²) in [7, 11) is 0. The second-order valence-electron chi connectivity index (χ2n) is 6.73. The molecule has 5 heteroatoms. The van der Waals surface area contributed by atoms with Gasteiger partial charge < -0.3 is 5.73 Å². The van der Waals surface area contributed by atoms with Crippen molar-refractivity contribution in [2.45, 2.75) is 39.0 Å². The van der Waals surface area contributed by atoms with Gasteiger partial charge in [0, 0.05) is 0 Å². The molecule has 1 aliphatic heterocycles. The predicted octanol–water partition coefficient (Wildman–Crippen LogP) is 2.79. The molecule has 3 rings (SSSR count). The van der Waals surface area contributed by atoms with Crippen molar-refractivity contribution in [3.05, 3.63) is 41.5 Å². The van der Waals surface area contributed by atoms with Gasteiger partial charge in [-0.15, -0.1) is 0 Å². The maximum atomic E-state index is 5.55. The summed E-state index contributed by atoms with van der Waals surface area (Å²) in [5.74, 6) is 0. The van der Waals surface area contributed by atoms with Gasteiger partial charge in [0.1, 0.15) is 0 Å². The fourth-order valence-electron chi connectivity index (χ4n) is 3.61. The van der Waals surface area contributed by atoms with Crippen molar-refractivity contribution in [3.8, 4) is 0 Å². The van der Waals surface area contributed by atoms with E-state index < -0.39 is 0 Å². The zero-order chi connectivity index (χ0) is 18.5. The van der Waals surface area contributed by atoms with Gasteiger partial charge in [-0.1, -0.05) is 0 Å². The van der Waals surface area contributed by atoms with E-state index in [1.807, 2.05) is 0 Å². The molecule has 0 saturated heterocycles. The summed E-state index contributed by atoms with van der Waals surface area (Å²) in [4.78, 5) is 2.31. The van der Waals surface area contributed by atoms with Gasteiger partial charge in [0.25, 0.3) is 0 Å². The summed E-state index contributed by atoms with van der Waals surface area (Å²) in [5, 5.41) is 6.30. The van der Waals surface area contributed by atoms with Gasteiger partial charge in [-0.05, 0) is 6.54 Å². The van der Waals surface area contributed by atoms with Crippen LogP contribution in [-0.2, 0) is 0 Å². The molecular formula is C21H27N3Se2. The fraction of sp³-hybridized carbons (Fsp3) is 0.429. The normalized spacial score (nSPS) is 13.5. The third-order valence-corrected chi connectivity index (χ3v) is 6.85. The number of nitrogens with one attached hydrogen (secondary N) is 1. The van der Waals surface area contributed by atoms with E-state index in [9.17, 15) is 0 Å². The number of nitrogens with two attached hydrogens (primary N) is 1. The Balaban J connectivity index is 1.78. The summed E-state index contributed by atoms with van der Waals surface area (Å²) >= 11 is 6.56. The molecule has 0 spiro atoms. The van der Waals surface area contributed by atoms with Gasteiger partial charge >= 0.3 is 160 Å². The molecule has 0 atom stereocenters. The quantitative estimate of drug-likeness (QED) is 0.430. The second-order valence-corrected chi connectivity index (χ2v) is 8.35. The van der Waals surface area contributed by atoms with Crippen LogP contribution in [-0.4, -0.2) is 64.8 Å². The standard InChI is InChI=1S/C21H27N3Se2/c1-2-24-20(25)16-10-8-9-15-18(12-11-17(19(15)16)21(24)26)23-14-7-5-3-4-6-13-22/h8-12,23H,2-7,13-14,22H2,1H3. The van der Waals surface area contributed by atoms with Gasteiger partial charge in [-0.2, -0.15) is 0 Å². The molecule has 138 valence electrons. The molecular weight excluding hydrogens is 452 g/mol. The Hall–Kier alpha value is -0.961. The Labute approximate surface area is 172 Å². The molecule has 26 heavy (non-hydrogen) atoms. The number of rotatable bonds is 9. The number of nitrogens with zero attached hydrogens (tertiary/aromatic N) is 1. The molecule has 1 heterocycles. The van der Waals surface area contributed by atoms with E-state index in [1.165, 1.54) is 62.4 Å². The molecule has 0 amide bonds. The average Bonchev–Trinajstić information content (AvgIpc) is 2.66. The Morgan fingerprint density at radius 2 is 1.62 bits per heavy atom. The Morgan fingerprint density at radius 1 is 0.923 bits per heavy atom. The third-order valence-electron chi connectivity index (χ3n) is 5.00. The van der Waals surface area contributed by atoms with Crippen LogP contribution in [0.2, 0.25) is 0 Å². The Kier molecular flexibility index (Phi) is 7.08. The van der Waals surface area contributed by atoms with Crippen molar-refractivity contribution in [3.63, 3.8) is 0 Å². The monoisotopic (exact) mass is 481 g/mol. The van der Waals surface area contributed by atoms with Crippen LogP contribution in [0.25, 0.3) is 10.8 Å². The van der Waals surface area contributed by atoms with Crippen LogP contribution < -0.4 is 11.1 Å². The number of hydrogen-bond acceptors (Lipinski definition) is 3. The van der Waals surface area contributed by atoms with Crippen molar-refractivity contribution in [2.75, 3.05) is 25.0 Å². The molecule has 0 radical (unpaired) electrons. The van der Waals surface area contributed by atoms with Crippen LogP contribution in [0.15, 0.2) is 30.3 Å². The zero-order valence-electron chi connectivity index (χ0n) is 15.4. The zero-order valence-corrected chi connectivity index (χ0v) is 18.8. The van der Waals surface area contributed by atoms with Crippen molar-refractivity contribution in [1.29, 1.82) is 0 Å². The molecule has 2 aromatic carbocycles. The molecule has 0 aliphatic carbocycles. The SMILES string of the molecule is CCN1C(=[Se])c2cccc3c(NCCCCCCCN)ccc(c23)C1=[Se]. The van der Waals surface area contributed by atoms with Crippen molar-refractivity contribution < 1.29 is 0 Å². The first-order valence-corrected chi connectivity index (χ1v) is 11.3. The van der Waals surface area contributed by atoms with Gasteiger partial charge in [0.05, 0.1) is 0 Å². The number of anilines is 1. The van der Waals surface area contributed by atoms with Gasteiger partial charge in [-0.25, -0.2) is 0 Å². The van der Waals surface area contributed by atoms with E-state index in [2.05, 4.69) is 78.6 Å². The van der Waals surface area contributed by atoms with Crippen LogP contribution in [0.1, 0.15) is 50.2 Å². The molecule has 0 aromatic heterocycles. The van der Waals surface area contributed by atoms with E-state index in [1.54, 1.807) is 0 Å². The first-order chi connectivity index (χ1) is 12.7. The van der Waals surface area contributed by atoms with Crippen molar-refractivity contribution >= 4 is 56.7 Å². The van der Waals surface area contributed by atoms with Crippen LogP contribution in [0, 0.1) is 0 Å². The van der Waals surface area contributed by atoms with E-state index in [4.69, 9.17) is 5.73 Å². The number of benzene rings is 2. The van der Waals surface area contributed by atoms with Crippen LogP contribution in [0.5, 0.6) is 0 Å². The van der Waals surface area contributed by atoms with Crippen molar-refractivity contribution in [2.24, 2.45) is 5.73 Å². The topological polar surface area (TPSA) is 41.3 Å². The molecule has 1 aliphatic rings. The molecule has 3 nitrogen and oxygen atoms in total. The van der Waals surface area contributed by atoms with Gasteiger partial charge in [-0.3, -0.25) is 0 Å². The maximum absolute atomic E-state index is 5.55. The Morgan fingerprint density at radius 3 is 2.35 bits per heavy atom. The average molecular weight is 479 g/mol. The first kappa shape index (κ1) is 19.8. The minimum atomic E-state index is 0.816. The Bertz CT molecular complexity index is 794. The summed E-state index contributed by atoms with van der Waals surface area (Å²) in [6, 6.07) is 11.1. The number of hydrogen-bond donors (Lipinski definition) is 2. The summed E-state index contributed by atoms with van der Waals surface area (Å²) in [5.41, 5.74) is 9.38. The molecule has 0 saturated carbocycles. The fourth-order valence-corrected chi connectivity index (χ4v) is 5.54. The van der Waals surface area contributed by atoms with E-state index in [-0.39, 0.29) is 0 Å². The second kappa shape index (κ2) is 9.30. The van der Waals surface area contributed by atoms with Crippen LogP contribution in [0.3, 0.4) is 0 Å². The summed E-state index contributed by atoms with van der Waals surface area (Å²) in [6.07, 6.45) is 6.15. The van der Waals surface area contributed by atoms with Gasteiger partial charge in [0.2, 0.25) is 0 Å². The molecule has 0 unspecified atom stereocenters. The number of unbranched alkanes of at least 4 members (excludes halogenated alkanes) is 4. The van der Waals surface area contributed by atoms with E-state index in [0.717, 1.165) is 26.1 Å². The first-order valence-electron chi connectivity index (χ1n) is 9.55. The van der Waals surface area contributed by atoms with E-state index >= 15 is 0 Å².